The second-order valence-electron chi connectivity index (χ2n) is 8.79. The Morgan fingerprint density at radius 2 is 1.88 bits per heavy atom. The number of carbonyl (C=O) groups excluding carboxylic acids is 2. The Morgan fingerprint density at radius 1 is 1.12 bits per heavy atom. The van der Waals surface area contributed by atoms with Crippen LogP contribution in [0.15, 0.2) is 48.5 Å². The monoisotopic (exact) mass is 446 g/mol. The lowest BCUT2D eigenvalue weighted by Gasteiger charge is -2.27. The summed E-state index contributed by atoms with van der Waals surface area (Å²) in [7, 11) is 0. The van der Waals surface area contributed by atoms with Gasteiger partial charge in [0.15, 0.2) is 0 Å². The normalized spacial score (nSPS) is 18.6. The third kappa shape index (κ3) is 4.26. The van der Waals surface area contributed by atoms with Crippen molar-refractivity contribution in [2.45, 2.75) is 19.4 Å². The number of nitrogens with one attached hydrogen (secondary N) is 2. The van der Waals surface area contributed by atoms with Gasteiger partial charge in [0, 0.05) is 47.4 Å². The number of fused-ring (bicyclic) bond motifs is 2. The third-order valence-electron chi connectivity index (χ3n) is 6.67. The van der Waals surface area contributed by atoms with E-state index in [0.717, 1.165) is 67.0 Å². The highest BCUT2D eigenvalue weighted by Gasteiger charge is 2.40. The van der Waals surface area contributed by atoms with E-state index in [2.05, 4.69) is 21.3 Å². The Labute approximate surface area is 193 Å². The van der Waals surface area contributed by atoms with Crippen molar-refractivity contribution in [1.29, 1.82) is 0 Å². The van der Waals surface area contributed by atoms with Crippen LogP contribution in [0.5, 0.6) is 0 Å². The number of carbonyl (C=O) groups is 2. The van der Waals surface area contributed by atoms with Crippen LogP contribution in [0.4, 0.5) is 0 Å². The predicted molar refractivity (Wildman–Crippen MR) is 127 cm³/mol. The molecule has 2 amide bonds. The maximum absolute atomic E-state index is 13.3. The maximum atomic E-state index is 13.3. The first-order chi connectivity index (χ1) is 16.1. The number of aromatic nitrogens is 1. The number of nitrogens with zero attached hydrogens (tertiary/aromatic N) is 2. The zero-order chi connectivity index (χ0) is 22.8. The summed E-state index contributed by atoms with van der Waals surface area (Å²) >= 11 is 0. The number of amides is 2. The van der Waals surface area contributed by atoms with Gasteiger partial charge in [-0.2, -0.15) is 0 Å². The van der Waals surface area contributed by atoms with Gasteiger partial charge in [-0.25, -0.2) is 0 Å². The van der Waals surface area contributed by atoms with E-state index in [1.807, 2.05) is 49.4 Å². The Morgan fingerprint density at radius 3 is 2.73 bits per heavy atom. The molecule has 2 N–H and O–H groups in total. The molecule has 172 valence electrons. The Hall–Kier alpha value is -3.16. The predicted octanol–water partition coefficient (Wildman–Crippen LogP) is 2.86. The van der Waals surface area contributed by atoms with Crippen molar-refractivity contribution in [2.24, 2.45) is 0 Å². The van der Waals surface area contributed by atoms with E-state index in [-0.39, 0.29) is 24.4 Å². The molecule has 0 unspecified atom stereocenters. The zero-order valence-corrected chi connectivity index (χ0v) is 19.0. The molecule has 1 aromatic heterocycles. The molecule has 1 atom stereocenters. The van der Waals surface area contributed by atoms with Gasteiger partial charge in [0.25, 0.3) is 5.91 Å². The van der Waals surface area contributed by atoms with Crippen molar-refractivity contribution in [3.8, 4) is 0 Å². The fraction of sp³-hybridized carbons (Fsp3) is 0.385. The first-order valence-electron chi connectivity index (χ1n) is 11.7. The standard InChI is InChI=1S/C26H30N4O3/c1-18-24(21-9-4-5-10-22(21)28-18)25-19-7-2-3-8-20(19)26(32)30(25)17-23(31)27-11-6-12-29-13-15-33-16-14-29/h2-5,7-10,25,28H,6,11-17H2,1H3,(H,27,31)/t25-/m0/s1. The molecular weight excluding hydrogens is 416 g/mol. The molecule has 2 aliphatic rings. The van der Waals surface area contributed by atoms with Crippen molar-refractivity contribution in [3.63, 3.8) is 0 Å². The Balaban J connectivity index is 1.33. The maximum Gasteiger partial charge on any atom is 0.255 e. The number of morpholine rings is 1. The molecule has 5 rings (SSSR count). The second kappa shape index (κ2) is 9.37. The molecule has 0 bridgehead atoms. The number of H-pyrrole nitrogens is 1. The van der Waals surface area contributed by atoms with Crippen molar-refractivity contribution < 1.29 is 14.3 Å². The molecule has 7 heteroatoms. The number of hydrogen-bond donors (Lipinski definition) is 2. The number of ether oxygens (including phenoxy) is 1. The van der Waals surface area contributed by atoms with Crippen LogP contribution in [0.2, 0.25) is 0 Å². The van der Waals surface area contributed by atoms with Gasteiger partial charge in [0.05, 0.1) is 19.3 Å². The zero-order valence-electron chi connectivity index (χ0n) is 19.0. The fourth-order valence-electron chi connectivity index (χ4n) is 5.06. The number of aromatic amines is 1. The topological polar surface area (TPSA) is 77.7 Å². The SMILES string of the molecule is Cc1[nH]c2ccccc2c1[C@@H]1c2ccccc2C(=O)N1CC(=O)NCCCN1CCOCC1. The highest BCUT2D eigenvalue weighted by atomic mass is 16.5. The summed E-state index contributed by atoms with van der Waals surface area (Å²) in [6.07, 6.45) is 0.880. The van der Waals surface area contributed by atoms with Crippen LogP contribution in [0.3, 0.4) is 0 Å². The summed E-state index contributed by atoms with van der Waals surface area (Å²) in [4.78, 5) is 33.7. The number of para-hydroxylation sites is 1. The van der Waals surface area contributed by atoms with Gasteiger partial charge >= 0.3 is 0 Å². The first kappa shape index (κ1) is 21.7. The van der Waals surface area contributed by atoms with E-state index in [1.54, 1.807) is 4.90 Å². The van der Waals surface area contributed by atoms with Crippen LogP contribution in [0, 0.1) is 6.92 Å². The van der Waals surface area contributed by atoms with Gasteiger partial charge in [-0.3, -0.25) is 14.5 Å². The summed E-state index contributed by atoms with van der Waals surface area (Å²) in [6.45, 7) is 7.05. The minimum atomic E-state index is -0.288. The molecule has 2 aromatic carbocycles. The summed E-state index contributed by atoms with van der Waals surface area (Å²) in [5, 5.41) is 4.10. The number of benzene rings is 2. The van der Waals surface area contributed by atoms with E-state index in [0.29, 0.717) is 12.1 Å². The van der Waals surface area contributed by atoms with Crippen LogP contribution < -0.4 is 5.32 Å². The molecule has 3 heterocycles. The molecule has 33 heavy (non-hydrogen) atoms. The van der Waals surface area contributed by atoms with Crippen LogP contribution >= 0.6 is 0 Å². The Bertz CT molecular complexity index is 1170. The molecule has 2 aliphatic heterocycles. The third-order valence-corrected chi connectivity index (χ3v) is 6.67. The molecule has 0 saturated carbocycles. The molecule has 1 fully saturated rings. The van der Waals surface area contributed by atoms with Crippen LogP contribution in [0.1, 0.15) is 39.6 Å². The van der Waals surface area contributed by atoms with Crippen LogP contribution in [-0.2, 0) is 9.53 Å². The average molecular weight is 447 g/mol. The highest BCUT2D eigenvalue weighted by Crippen LogP contribution is 2.42. The summed E-state index contributed by atoms with van der Waals surface area (Å²) in [5.41, 5.74) is 4.74. The molecule has 1 saturated heterocycles. The lowest BCUT2D eigenvalue weighted by Crippen LogP contribution is -2.41. The first-order valence-corrected chi connectivity index (χ1v) is 11.7. The minimum absolute atomic E-state index is 0.0364. The second-order valence-corrected chi connectivity index (χ2v) is 8.79. The molecule has 0 aliphatic carbocycles. The van der Waals surface area contributed by atoms with Gasteiger partial charge < -0.3 is 19.9 Å². The van der Waals surface area contributed by atoms with Crippen molar-refractivity contribution >= 4 is 22.7 Å². The summed E-state index contributed by atoms with van der Waals surface area (Å²) in [6, 6.07) is 15.5. The molecule has 0 radical (unpaired) electrons. The fourth-order valence-corrected chi connectivity index (χ4v) is 5.06. The molecular formula is C26H30N4O3. The summed E-state index contributed by atoms with van der Waals surface area (Å²) < 4.78 is 5.38. The molecule has 0 spiro atoms. The van der Waals surface area contributed by atoms with Crippen molar-refractivity contribution in [2.75, 3.05) is 45.9 Å². The van der Waals surface area contributed by atoms with Gasteiger partial charge in [-0.15, -0.1) is 0 Å². The quantitative estimate of drug-likeness (QED) is 0.547. The summed E-state index contributed by atoms with van der Waals surface area (Å²) in [5.74, 6) is -0.218. The van der Waals surface area contributed by atoms with Gasteiger partial charge in [0.1, 0.15) is 6.54 Å². The van der Waals surface area contributed by atoms with E-state index < -0.39 is 0 Å². The van der Waals surface area contributed by atoms with E-state index in [4.69, 9.17) is 4.74 Å². The lowest BCUT2D eigenvalue weighted by molar-refractivity contribution is -0.122. The minimum Gasteiger partial charge on any atom is -0.379 e. The van der Waals surface area contributed by atoms with E-state index in [9.17, 15) is 9.59 Å². The van der Waals surface area contributed by atoms with E-state index in [1.165, 1.54) is 0 Å². The van der Waals surface area contributed by atoms with E-state index >= 15 is 0 Å². The Kier molecular flexibility index (Phi) is 6.15. The largest absolute Gasteiger partial charge is 0.379 e. The molecule has 7 nitrogen and oxygen atoms in total. The average Bonchev–Trinajstić information content (AvgIpc) is 3.30. The van der Waals surface area contributed by atoms with Gasteiger partial charge in [-0.05, 0) is 37.6 Å². The van der Waals surface area contributed by atoms with Gasteiger partial charge in [-0.1, -0.05) is 36.4 Å². The smallest absolute Gasteiger partial charge is 0.255 e. The van der Waals surface area contributed by atoms with Crippen LogP contribution in [-0.4, -0.2) is 72.5 Å². The lowest BCUT2D eigenvalue weighted by atomic mass is 9.95. The molecule has 3 aromatic rings. The highest BCUT2D eigenvalue weighted by molar-refractivity contribution is 6.02. The number of aryl methyl sites for hydroxylation is 1. The number of hydrogen-bond acceptors (Lipinski definition) is 4. The number of rotatable bonds is 7. The van der Waals surface area contributed by atoms with Crippen molar-refractivity contribution in [3.05, 3.63) is 70.9 Å². The van der Waals surface area contributed by atoms with Gasteiger partial charge in [0.2, 0.25) is 5.91 Å². The van der Waals surface area contributed by atoms with Crippen LogP contribution in [0.25, 0.3) is 10.9 Å². The van der Waals surface area contributed by atoms with Crippen molar-refractivity contribution in [1.82, 2.24) is 20.1 Å².